The maximum absolute atomic E-state index is 6.24. The summed E-state index contributed by atoms with van der Waals surface area (Å²) < 4.78 is 0. The van der Waals surface area contributed by atoms with Crippen LogP contribution < -0.4 is 5.73 Å². The fourth-order valence-electron chi connectivity index (χ4n) is 4.77. The first kappa shape index (κ1) is 13.8. The summed E-state index contributed by atoms with van der Waals surface area (Å²) in [6, 6.07) is 0.823. The third-order valence-electron chi connectivity index (χ3n) is 6.18. The third-order valence-corrected chi connectivity index (χ3v) is 6.18. The highest BCUT2D eigenvalue weighted by Crippen LogP contribution is 2.37. The van der Waals surface area contributed by atoms with Crippen molar-refractivity contribution in [2.75, 3.05) is 33.2 Å². The van der Waals surface area contributed by atoms with Crippen molar-refractivity contribution in [1.29, 1.82) is 0 Å². The van der Waals surface area contributed by atoms with Gasteiger partial charge < -0.3 is 10.6 Å². The van der Waals surface area contributed by atoms with E-state index in [1.54, 1.807) is 0 Å². The molecule has 1 saturated carbocycles. The molecule has 2 N–H and O–H groups in total. The van der Waals surface area contributed by atoms with E-state index in [4.69, 9.17) is 5.73 Å². The molecule has 2 aliphatic heterocycles. The lowest BCUT2D eigenvalue weighted by Gasteiger charge is -2.49. The van der Waals surface area contributed by atoms with Gasteiger partial charge in [0.15, 0.2) is 0 Å². The molecule has 19 heavy (non-hydrogen) atoms. The second kappa shape index (κ2) is 5.71. The predicted octanol–water partition coefficient (Wildman–Crippen LogP) is 2.06. The fourth-order valence-corrected chi connectivity index (χ4v) is 4.77. The first-order valence-corrected chi connectivity index (χ1v) is 8.39. The molecule has 3 aliphatic rings. The molecule has 0 amide bonds. The minimum Gasteiger partial charge on any atom is -0.329 e. The fraction of sp³-hybridized carbons (Fsp3) is 1.00. The quantitative estimate of drug-likeness (QED) is 0.844. The van der Waals surface area contributed by atoms with Gasteiger partial charge in [0.05, 0.1) is 0 Å². The van der Waals surface area contributed by atoms with Crippen molar-refractivity contribution in [2.24, 2.45) is 11.7 Å². The molecule has 3 fully saturated rings. The molecule has 1 aliphatic carbocycles. The van der Waals surface area contributed by atoms with Crippen molar-refractivity contribution in [3.8, 4) is 0 Å². The summed E-state index contributed by atoms with van der Waals surface area (Å²) in [6.45, 7) is 4.74. The first-order chi connectivity index (χ1) is 9.23. The van der Waals surface area contributed by atoms with Gasteiger partial charge in [-0.3, -0.25) is 4.90 Å². The summed E-state index contributed by atoms with van der Waals surface area (Å²) in [6.07, 6.45) is 11.2. The Morgan fingerprint density at radius 3 is 2.68 bits per heavy atom. The Morgan fingerprint density at radius 1 is 1.16 bits per heavy atom. The molecule has 0 bridgehead atoms. The molecule has 0 aromatic rings. The van der Waals surface area contributed by atoms with Crippen molar-refractivity contribution in [1.82, 2.24) is 9.80 Å². The number of nitrogens with zero attached hydrogens (tertiary/aromatic N) is 2. The van der Waals surface area contributed by atoms with Gasteiger partial charge in [-0.1, -0.05) is 12.8 Å². The predicted molar refractivity (Wildman–Crippen MR) is 80.2 cm³/mol. The summed E-state index contributed by atoms with van der Waals surface area (Å²) >= 11 is 0. The Labute approximate surface area is 118 Å². The van der Waals surface area contributed by atoms with E-state index in [2.05, 4.69) is 16.8 Å². The number of hydrogen-bond acceptors (Lipinski definition) is 3. The van der Waals surface area contributed by atoms with Gasteiger partial charge in [-0.15, -0.1) is 0 Å². The number of fused-ring (bicyclic) bond motifs is 1. The molecule has 0 radical (unpaired) electrons. The highest BCUT2D eigenvalue weighted by molar-refractivity contribution is 5.01. The summed E-state index contributed by atoms with van der Waals surface area (Å²) in [5.41, 5.74) is 6.54. The van der Waals surface area contributed by atoms with Crippen molar-refractivity contribution >= 4 is 0 Å². The van der Waals surface area contributed by atoms with Gasteiger partial charge >= 0.3 is 0 Å². The highest BCUT2D eigenvalue weighted by Gasteiger charge is 2.43. The summed E-state index contributed by atoms with van der Waals surface area (Å²) in [5.74, 6) is 0.940. The van der Waals surface area contributed by atoms with Crippen LogP contribution in [0.4, 0.5) is 0 Å². The molecule has 3 heteroatoms. The van der Waals surface area contributed by atoms with Crippen molar-refractivity contribution in [2.45, 2.75) is 62.9 Å². The Kier molecular flexibility index (Phi) is 4.16. The van der Waals surface area contributed by atoms with Crippen LogP contribution in [0.1, 0.15) is 51.4 Å². The highest BCUT2D eigenvalue weighted by atomic mass is 15.3. The number of hydrogen-bond donors (Lipinski definition) is 1. The molecule has 2 atom stereocenters. The van der Waals surface area contributed by atoms with Gasteiger partial charge in [-0.05, 0) is 58.0 Å². The normalized spacial score (nSPS) is 37.1. The second-order valence-electron chi connectivity index (χ2n) is 7.25. The first-order valence-electron chi connectivity index (χ1n) is 8.39. The summed E-state index contributed by atoms with van der Waals surface area (Å²) in [4.78, 5) is 5.36. The van der Waals surface area contributed by atoms with Crippen LogP contribution in [0.15, 0.2) is 0 Å². The lowest BCUT2D eigenvalue weighted by molar-refractivity contribution is 0.0185. The maximum Gasteiger partial charge on any atom is 0.0355 e. The average molecular weight is 265 g/mol. The molecule has 2 unspecified atom stereocenters. The van der Waals surface area contributed by atoms with Crippen LogP contribution in [0.25, 0.3) is 0 Å². The number of nitrogens with two attached hydrogens (primary N) is 1. The van der Waals surface area contributed by atoms with Gasteiger partial charge in [0.2, 0.25) is 0 Å². The number of piperidine rings is 1. The molecule has 3 rings (SSSR count). The van der Waals surface area contributed by atoms with E-state index in [1.807, 2.05) is 0 Å². The molecule has 2 saturated heterocycles. The van der Waals surface area contributed by atoms with E-state index in [-0.39, 0.29) is 0 Å². The van der Waals surface area contributed by atoms with Crippen LogP contribution in [0.2, 0.25) is 0 Å². The van der Waals surface area contributed by atoms with Gasteiger partial charge in [-0.25, -0.2) is 0 Å². The van der Waals surface area contributed by atoms with E-state index in [1.165, 1.54) is 71.0 Å². The van der Waals surface area contributed by atoms with Crippen molar-refractivity contribution in [3.05, 3.63) is 0 Å². The standard InChI is InChI=1S/C16H31N3/c1-18(12-14-5-2-3-6-14)16(13-17)8-10-19-9-4-7-15(19)11-16/h14-15H,2-13,17H2,1H3. The van der Waals surface area contributed by atoms with E-state index in [9.17, 15) is 0 Å². The average Bonchev–Trinajstić information content (AvgIpc) is 3.08. The minimum absolute atomic E-state index is 0.300. The summed E-state index contributed by atoms with van der Waals surface area (Å²) in [7, 11) is 2.34. The molecule has 2 heterocycles. The van der Waals surface area contributed by atoms with Crippen LogP contribution in [0, 0.1) is 5.92 Å². The molecular formula is C16H31N3. The van der Waals surface area contributed by atoms with E-state index < -0.39 is 0 Å². The molecule has 0 spiro atoms. The maximum atomic E-state index is 6.24. The number of likely N-dealkylation sites (N-methyl/N-ethyl adjacent to an activating group) is 1. The van der Waals surface area contributed by atoms with Crippen LogP contribution in [-0.2, 0) is 0 Å². The summed E-state index contributed by atoms with van der Waals surface area (Å²) in [5, 5.41) is 0. The van der Waals surface area contributed by atoms with Crippen LogP contribution in [-0.4, -0.2) is 54.6 Å². The number of rotatable bonds is 4. The Morgan fingerprint density at radius 2 is 1.95 bits per heavy atom. The van der Waals surface area contributed by atoms with Gasteiger partial charge in [-0.2, -0.15) is 0 Å². The van der Waals surface area contributed by atoms with Crippen LogP contribution in [0.3, 0.4) is 0 Å². The van der Waals surface area contributed by atoms with E-state index in [0.717, 1.165) is 18.5 Å². The molecule has 0 aromatic carbocycles. The Bertz CT molecular complexity index is 300. The minimum atomic E-state index is 0.300. The van der Waals surface area contributed by atoms with Crippen molar-refractivity contribution < 1.29 is 0 Å². The largest absolute Gasteiger partial charge is 0.329 e. The molecule has 3 nitrogen and oxygen atoms in total. The van der Waals surface area contributed by atoms with Gasteiger partial charge in [0, 0.05) is 31.2 Å². The Balaban J connectivity index is 1.64. The smallest absolute Gasteiger partial charge is 0.0355 e. The zero-order chi connectivity index (χ0) is 13.3. The van der Waals surface area contributed by atoms with Crippen LogP contribution >= 0.6 is 0 Å². The molecule has 0 aromatic heterocycles. The molecular weight excluding hydrogens is 234 g/mol. The van der Waals surface area contributed by atoms with Crippen LogP contribution in [0.5, 0.6) is 0 Å². The monoisotopic (exact) mass is 265 g/mol. The SMILES string of the molecule is CN(CC1CCCC1)C1(CN)CCN2CCCC2C1. The zero-order valence-electron chi connectivity index (χ0n) is 12.6. The third kappa shape index (κ3) is 2.70. The van der Waals surface area contributed by atoms with E-state index in [0.29, 0.717) is 5.54 Å². The van der Waals surface area contributed by atoms with Gasteiger partial charge in [0.25, 0.3) is 0 Å². The lowest BCUT2D eigenvalue weighted by atomic mass is 9.81. The topological polar surface area (TPSA) is 32.5 Å². The van der Waals surface area contributed by atoms with Gasteiger partial charge in [0.1, 0.15) is 0 Å². The van der Waals surface area contributed by atoms with Crippen molar-refractivity contribution in [3.63, 3.8) is 0 Å². The molecule has 110 valence electrons. The van der Waals surface area contributed by atoms with E-state index >= 15 is 0 Å². The Hall–Kier alpha value is -0.120. The lowest BCUT2D eigenvalue weighted by Crippen LogP contribution is -2.60. The zero-order valence-corrected chi connectivity index (χ0v) is 12.6. The second-order valence-corrected chi connectivity index (χ2v) is 7.25.